The summed E-state index contributed by atoms with van der Waals surface area (Å²) >= 11 is 0. The minimum absolute atomic E-state index is 0.0408. The van der Waals surface area contributed by atoms with Crippen molar-refractivity contribution in [2.24, 2.45) is 7.05 Å². The standard InChI is InChI=1S/C12H14F2N6O2/c1-7(11-17-18-19-20(11)2)15-12(21)8-4-3-5-10(16-8)22-6-9(13)14/h3-5,7,9H,6H2,1-2H3,(H,15,21)/t7-/m0/s1. The van der Waals surface area contributed by atoms with Crippen molar-refractivity contribution in [3.8, 4) is 5.88 Å². The molecule has 1 amide bonds. The van der Waals surface area contributed by atoms with E-state index in [0.717, 1.165) is 0 Å². The molecule has 0 fully saturated rings. The van der Waals surface area contributed by atoms with Crippen molar-refractivity contribution in [1.29, 1.82) is 0 Å². The maximum Gasteiger partial charge on any atom is 0.272 e. The first-order valence-corrected chi connectivity index (χ1v) is 6.38. The Kier molecular flexibility index (Phi) is 4.92. The van der Waals surface area contributed by atoms with E-state index in [-0.39, 0.29) is 11.6 Å². The molecule has 2 aromatic rings. The number of nitrogens with one attached hydrogen (secondary N) is 1. The van der Waals surface area contributed by atoms with Gasteiger partial charge < -0.3 is 10.1 Å². The highest BCUT2D eigenvalue weighted by molar-refractivity contribution is 5.92. The molecule has 2 heterocycles. The fourth-order valence-electron chi connectivity index (χ4n) is 1.71. The van der Waals surface area contributed by atoms with Crippen LogP contribution in [0.15, 0.2) is 18.2 Å². The predicted octanol–water partition coefficient (Wildman–Crippen LogP) is 0.740. The Hall–Kier alpha value is -2.65. The number of amides is 1. The summed E-state index contributed by atoms with van der Waals surface area (Å²) in [7, 11) is 1.65. The Balaban J connectivity index is 2.03. The van der Waals surface area contributed by atoms with Gasteiger partial charge in [0.25, 0.3) is 12.3 Å². The van der Waals surface area contributed by atoms with Crippen LogP contribution >= 0.6 is 0 Å². The monoisotopic (exact) mass is 312 g/mol. The molecule has 0 saturated carbocycles. The largest absolute Gasteiger partial charge is 0.472 e. The molecule has 0 aliphatic carbocycles. The van der Waals surface area contributed by atoms with Gasteiger partial charge in [0.15, 0.2) is 12.4 Å². The molecule has 2 aromatic heterocycles. The van der Waals surface area contributed by atoms with E-state index in [2.05, 4.69) is 25.8 Å². The van der Waals surface area contributed by atoms with E-state index in [9.17, 15) is 13.6 Å². The van der Waals surface area contributed by atoms with Crippen LogP contribution in [0.5, 0.6) is 5.88 Å². The average Bonchev–Trinajstić information content (AvgIpc) is 2.91. The van der Waals surface area contributed by atoms with Gasteiger partial charge in [0.1, 0.15) is 5.69 Å². The molecule has 1 atom stereocenters. The van der Waals surface area contributed by atoms with E-state index < -0.39 is 25.0 Å². The van der Waals surface area contributed by atoms with E-state index in [1.807, 2.05) is 0 Å². The van der Waals surface area contributed by atoms with Gasteiger partial charge in [-0.3, -0.25) is 4.79 Å². The molecular weight excluding hydrogens is 298 g/mol. The van der Waals surface area contributed by atoms with Gasteiger partial charge >= 0.3 is 0 Å². The zero-order chi connectivity index (χ0) is 16.1. The smallest absolute Gasteiger partial charge is 0.272 e. The fourth-order valence-corrected chi connectivity index (χ4v) is 1.71. The summed E-state index contributed by atoms with van der Waals surface area (Å²) < 4.78 is 30.4. The van der Waals surface area contributed by atoms with Gasteiger partial charge in [0, 0.05) is 13.1 Å². The van der Waals surface area contributed by atoms with Crippen LogP contribution < -0.4 is 10.1 Å². The number of aryl methyl sites for hydroxylation is 1. The van der Waals surface area contributed by atoms with Crippen LogP contribution in [0.1, 0.15) is 29.3 Å². The van der Waals surface area contributed by atoms with Crippen molar-refractivity contribution in [3.63, 3.8) is 0 Å². The van der Waals surface area contributed by atoms with Gasteiger partial charge in [-0.2, -0.15) is 0 Å². The lowest BCUT2D eigenvalue weighted by Gasteiger charge is -2.12. The third-order valence-corrected chi connectivity index (χ3v) is 2.70. The van der Waals surface area contributed by atoms with Gasteiger partial charge in [-0.05, 0) is 23.4 Å². The summed E-state index contributed by atoms with van der Waals surface area (Å²) in [5.74, 6) is -0.0580. The lowest BCUT2D eigenvalue weighted by molar-refractivity contribution is 0.0792. The second-order valence-corrected chi connectivity index (χ2v) is 4.42. The van der Waals surface area contributed by atoms with E-state index in [0.29, 0.717) is 5.82 Å². The van der Waals surface area contributed by atoms with Gasteiger partial charge in [-0.1, -0.05) is 6.07 Å². The summed E-state index contributed by atoms with van der Waals surface area (Å²) in [5, 5.41) is 13.6. The van der Waals surface area contributed by atoms with Crippen molar-refractivity contribution < 1.29 is 18.3 Å². The highest BCUT2D eigenvalue weighted by Crippen LogP contribution is 2.11. The van der Waals surface area contributed by atoms with Crippen molar-refractivity contribution in [2.75, 3.05) is 6.61 Å². The first-order chi connectivity index (χ1) is 10.5. The van der Waals surface area contributed by atoms with Gasteiger partial charge in [0.2, 0.25) is 5.88 Å². The van der Waals surface area contributed by atoms with Crippen LogP contribution in [0.3, 0.4) is 0 Å². The molecule has 22 heavy (non-hydrogen) atoms. The summed E-state index contributed by atoms with van der Waals surface area (Å²) in [4.78, 5) is 16.0. The molecule has 0 saturated heterocycles. The van der Waals surface area contributed by atoms with Crippen molar-refractivity contribution in [1.82, 2.24) is 30.5 Å². The third-order valence-electron chi connectivity index (χ3n) is 2.70. The Morgan fingerprint density at radius 3 is 2.86 bits per heavy atom. The van der Waals surface area contributed by atoms with Gasteiger partial charge in [0.05, 0.1) is 6.04 Å². The number of hydrogen-bond acceptors (Lipinski definition) is 6. The summed E-state index contributed by atoms with van der Waals surface area (Å²) in [6.45, 7) is 0.930. The number of halogens is 2. The van der Waals surface area contributed by atoms with E-state index in [1.165, 1.54) is 22.9 Å². The Bertz CT molecular complexity index is 648. The van der Waals surface area contributed by atoms with Crippen molar-refractivity contribution in [2.45, 2.75) is 19.4 Å². The molecule has 0 spiro atoms. The number of carbonyl (C=O) groups is 1. The second-order valence-electron chi connectivity index (χ2n) is 4.42. The topological polar surface area (TPSA) is 94.8 Å². The van der Waals surface area contributed by atoms with Crippen LogP contribution in [0, 0.1) is 0 Å². The SMILES string of the molecule is C[C@H](NC(=O)c1cccc(OCC(F)F)n1)c1nnnn1C. The number of nitrogens with zero attached hydrogens (tertiary/aromatic N) is 5. The molecule has 0 unspecified atom stereocenters. The number of alkyl halides is 2. The molecule has 8 nitrogen and oxygen atoms in total. The highest BCUT2D eigenvalue weighted by Gasteiger charge is 2.17. The quantitative estimate of drug-likeness (QED) is 0.845. The number of tetrazole rings is 1. The minimum atomic E-state index is -2.61. The first kappa shape index (κ1) is 15.7. The fraction of sp³-hybridized carbons (Fsp3) is 0.417. The van der Waals surface area contributed by atoms with Crippen LogP contribution in [0.25, 0.3) is 0 Å². The van der Waals surface area contributed by atoms with E-state index >= 15 is 0 Å². The molecule has 0 radical (unpaired) electrons. The highest BCUT2D eigenvalue weighted by atomic mass is 19.3. The molecule has 2 rings (SSSR count). The molecule has 0 bridgehead atoms. The molecular formula is C12H14F2N6O2. The van der Waals surface area contributed by atoms with Crippen molar-refractivity contribution >= 4 is 5.91 Å². The summed E-state index contributed by atoms with van der Waals surface area (Å²) in [6, 6.07) is 3.90. The Morgan fingerprint density at radius 2 is 2.23 bits per heavy atom. The lowest BCUT2D eigenvalue weighted by Crippen LogP contribution is -2.29. The maximum atomic E-state index is 12.1. The zero-order valence-electron chi connectivity index (χ0n) is 11.9. The molecule has 0 aliphatic heterocycles. The Labute approximate surface area is 124 Å². The second kappa shape index (κ2) is 6.87. The molecule has 0 aromatic carbocycles. The van der Waals surface area contributed by atoms with Crippen LogP contribution in [0.4, 0.5) is 8.78 Å². The van der Waals surface area contributed by atoms with E-state index in [1.54, 1.807) is 14.0 Å². The Morgan fingerprint density at radius 1 is 1.45 bits per heavy atom. The third kappa shape index (κ3) is 3.93. The normalized spacial score (nSPS) is 12.2. The van der Waals surface area contributed by atoms with Crippen LogP contribution in [-0.2, 0) is 7.05 Å². The van der Waals surface area contributed by atoms with Gasteiger partial charge in [-0.15, -0.1) is 5.10 Å². The average molecular weight is 312 g/mol. The lowest BCUT2D eigenvalue weighted by atomic mass is 10.2. The summed E-state index contributed by atoms with van der Waals surface area (Å²) in [5.41, 5.74) is 0.0498. The molecule has 118 valence electrons. The number of pyridine rings is 1. The number of aromatic nitrogens is 5. The zero-order valence-corrected chi connectivity index (χ0v) is 11.9. The minimum Gasteiger partial charge on any atom is -0.472 e. The number of ether oxygens (including phenoxy) is 1. The molecule has 10 heteroatoms. The first-order valence-electron chi connectivity index (χ1n) is 6.38. The number of carbonyl (C=O) groups excluding carboxylic acids is 1. The number of hydrogen-bond donors (Lipinski definition) is 1. The van der Waals surface area contributed by atoms with Crippen LogP contribution in [-0.4, -0.2) is 44.1 Å². The predicted molar refractivity (Wildman–Crippen MR) is 70.4 cm³/mol. The molecule has 0 aliphatic rings. The number of rotatable bonds is 6. The van der Waals surface area contributed by atoms with E-state index in [4.69, 9.17) is 4.74 Å². The molecule has 1 N–H and O–H groups in total. The van der Waals surface area contributed by atoms with Gasteiger partial charge in [-0.25, -0.2) is 18.4 Å². The summed E-state index contributed by atoms with van der Waals surface area (Å²) in [6.07, 6.45) is -2.61. The maximum absolute atomic E-state index is 12.1. The van der Waals surface area contributed by atoms with Crippen molar-refractivity contribution in [3.05, 3.63) is 29.7 Å². The van der Waals surface area contributed by atoms with Crippen LogP contribution in [0.2, 0.25) is 0 Å².